The van der Waals surface area contributed by atoms with Gasteiger partial charge in [-0.05, 0) is 38.8 Å². The Morgan fingerprint density at radius 2 is 2.00 bits per heavy atom. The maximum Gasteiger partial charge on any atom is 0.205 e. The van der Waals surface area contributed by atoms with Gasteiger partial charge in [0.25, 0.3) is 0 Å². The van der Waals surface area contributed by atoms with Crippen LogP contribution in [0.1, 0.15) is 45.9 Å². The minimum absolute atomic E-state index is 0.0523. The third-order valence-corrected chi connectivity index (χ3v) is 5.36. The molecule has 3 heterocycles. The van der Waals surface area contributed by atoms with E-state index in [1.165, 1.54) is 32.4 Å². The van der Waals surface area contributed by atoms with Crippen molar-refractivity contribution in [3.05, 3.63) is 5.82 Å². The summed E-state index contributed by atoms with van der Waals surface area (Å²) < 4.78 is 4.59. The van der Waals surface area contributed by atoms with Crippen LogP contribution in [0.2, 0.25) is 0 Å². The van der Waals surface area contributed by atoms with Crippen molar-refractivity contribution in [3.8, 4) is 0 Å². The molecule has 0 spiro atoms. The fourth-order valence-corrected chi connectivity index (χ4v) is 4.40. The van der Waals surface area contributed by atoms with Gasteiger partial charge in [-0.3, -0.25) is 0 Å². The molecule has 112 valence electrons. The summed E-state index contributed by atoms with van der Waals surface area (Å²) in [5, 5.41) is 1.15. The van der Waals surface area contributed by atoms with Crippen LogP contribution in [0, 0.1) is 5.92 Å². The standard InChI is InChI=1S/C15H26N4S/c1-15(2,3)13-16-14(20-17-13)19-8-5-6-11-10-18(4)9-7-12(11)19/h11-12H,5-10H2,1-4H3. The van der Waals surface area contributed by atoms with Crippen LogP contribution in [0.15, 0.2) is 0 Å². The molecule has 1 aromatic heterocycles. The third-order valence-electron chi connectivity index (χ3n) is 4.60. The van der Waals surface area contributed by atoms with Crippen LogP contribution in [-0.2, 0) is 5.41 Å². The number of hydrogen-bond donors (Lipinski definition) is 0. The minimum atomic E-state index is 0.0523. The second kappa shape index (κ2) is 5.26. The van der Waals surface area contributed by atoms with Gasteiger partial charge in [-0.15, -0.1) is 0 Å². The molecule has 1 aromatic rings. The molecule has 5 heteroatoms. The molecule has 0 bridgehead atoms. The van der Waals surface area contributed by atoms with E-state index in [1.54, 1.807) is 11.5 Å². The van der Waals surface area contributed by atoms with E-state index in [1.807, 2.05) is 0 Å². The minimum Gasteiger partial charge on any atom is -0.344 e. The largest absolute Gasteiger partial charge is 0.344 e. The van der Waals surface area contributed by atoms with Crippen molar-refractivity contribution in [3.63, 3.8) is 0 Å². The Bertz CT molecular complexity index is 465. The van der Waals surface area contributed by atoms with Crippen LogP contribution < -0.4 is 4.90 Å². The van der Waals surface area contributed by atoms with Crippen molar-refractivity contribution in [1.29, 1.82) is 0 Å². The van der Waals surface area contributed by atoms with Gasteiger partial charge in [-0.1, -0.05) is 20.8 Å². The summed E-state index contributed by atoms with van der Waals surface area (Å²) in [6.45, 7) is 10.2. The zero-order chi connectivity index (χ0) is 14.3. The van der Waals surface area contributed by atoms with Crippen LogP contribution in [0.25, 0.3) is 0 Å². The Balaban J connectivity index is 1.80. The van der Waals surface area contributed by atoms with Gasteiger partial charge in [0.15, 0.2) is 0 Å². The summed E-state index contributed by atoms with van der Waals surface area (Å²) in [6, 6.07) is 0.681. The lowest BCUT2D eigenvalue weighted by molar-refractivity contribution is 0.154. The molecule has 0 aromatic carbocycles. The van der Waals surface area contributed by atoms with Crippen molar-refractivity contribution in [2.45, 2.75) is 51.5 Å². The van der Waals surface area contributed by atoms with Gasteiger partial charge in [0, 0.05) is 36.1 Å². The Labute approximate surface area is 126 Å². The first-order valence-electron chi connectivity index (χ1n) is 7.74. The molecule has 4 nitrogen and oxygen atoms in total. The van der Waals surface area contributed by atoms with E-state index in [4.69, 9.17) is 4.98 Å². The lowest BCUT2D eigenvalue weighted by Crippen LogP contribution is -2.53. The van der Waals surface area contributed by atoms with E-state index < -0.39 is 0 Å². The van der Waals surface area contributed by atoms with Crippen molar-refractivity contribution in [2.75, 3.05) is 31.6 Å². The normalized spacial score (nSPS) is 28.5. The van der Waals surface area contributed by atoms with Gasteiger partial charge in [0.1, 0.15) is 5.82 Å². The summed E-state index contributed by atoms with van der Waals surface area (Å²) in [6.07, 6.45) is 3.93. The summed E-state index contributed by atoms with van der Waals surface area (Å²) in [5.74, 6) is 1.80. The number of nitrogens with zero attached hydrogens (tertiary/aromatic N) is 4. The van der Waals surface area contributed by atoms with Crippen molar-refractivity contribution < 1.29 is 0 Å². The van der Waals surface area contributed by atoms with E-state index >= 15 is 0 Å². The first-order chi connectivity index (χ1) is 9.45. The third kappa shape index (κ3) is 2.70. The summed E-state index contributed by atoms with van der Waals surface area (Å²) in [7, 11) is 2.25. The van der Waals surface area contributed by atoms with E-state index in [0.717, 1.165) is 23.4 Å². The lowest BCUT2D eigenvalue weighted by atomic mass is 9.84. The van der Waals surface area contributed by atoms with Crippen LogP contribution in [0.3, 0.4) is 0 Å². The Morgan fingerprint density at radius 1 is 1.20 bits per heavy atom. The zero-order valence-electron chi connectivity index (χ0n) is 13.1. The molecule has 2 aliphatic heterocycles. The van der Waals surface area contributed by atoms with Crippen molar-refractivity contribution in [2.24, 2.45) is 5.92 Å². The zero-order valence-corrected chi connectivity index (χ0v) is 13.9. The maximum atomic E-state index is 4.83. The van der Waals surface area contributed by atoms with E-state index in [9.17, 15) is 0 Å². The molecule has 2 atom stereocenters. The number of likely N-dealkylation sites (tertiary alicyclic amines) is 1. The number of piperidine rings is 2. The van der Waals surface area contributed by atoms with Gasteiger partial charge in [-0.25, -0.2) is 4.98 Å². The smallest absolute Gasteiger partial charge is 0.205 e. The number of hydrogen-bond acceptors (Lipinski definition) is 5. The molecule has 2 saturated heterocycles. The monoisotopic (exact) mass is 294 g/mol. The molecular formula is C15H26N4S. The summed E-state index contributed by atoms with van der Waals surface area (Å²) in [4.78, 5) is 9.86. The molecule has 0 amide bonds. The summed E-state index contributed by atoms with van der Waals surface area (Å²) >= 11 is 1.59. The SMILES string of the molecule is CN1CCC2C(CCCN2c2nc(C(C)(C)C)ns2)C1. The highest BCUT2D eigenvalue weighted by Crippen LogP contribution is 2.35. The predicted molar refractivity (Wildman–Crippen MR) is 84.6 cm³/mol. The highest BCUT2D eigenvalue weighted by atomic mass is 32.1. The first kappa shape index (κ1) is 14.3. The molecule has 2 aliphatic rings. The van der Waals surface area contributed by atoms with Gasteiger partial charge >= 0.3 is 0 Å². The molecular weight excluding hydrogens is 268 g/mol. The fraction of sp³-hybridized carbons (Fsp3) is 0.867. The fourth-order valence-electron chi connectivity index (χ4n) is 3.46. The molecule has 0 saturated carbocycles. The number of anilines is 1. The van der Waals surface area contributed by atoms with Crippen LogP contribution in [0.5, 0.6) is 0 Å². The van der Waals surface area contributed by atoms with Gasteiger partial charge in [-0.2, -0.15) is 4.37 Å². The number of fused-ring (bicyclic) bond motifs is 1. The van der Waals surface area contributed by atoms with Gasteiger partial charge < -0.3 is 9.80 Å². The lowest BCUT2D eigenvalue weighted by Gasteiger charge is -2.46. The quantitative estimate of drug-likeness (QED) is 0.797. The predicted octanol–water partition coefficient (Wildman–Crippen LogP) is 2.76. The molecule has 3 rings (SSSR count). The highest BCUT2D eigenvalue weighted by molar-refractivity contribution is 7.09. The maximum absolute atomic E-state index is 4.83. The van der Waals surface area contributed by atoms with Gasteiger partial charge in [0.2, 0.25) is 5.13 Å². The van der Waals surface area contributed by atoms with Crippen LogP contribution in [0.4, 0.5) is 5.13 Å². The average molecular weight is 294 g/mol. The number of aromatic nitrogens is 2. The van der Waals surface area contributed by atoms with Crippen LogP contribution >= 0.6 is 11.5 Å². The average Bonchev–Trinajstić information content (AvgIpc) is 2.87. The molecule has 2 fully saturated rings. The second-order valence-electron chi connectivity index (χ2n) is 7.36. The number of rotatable bonds is 1. The molecule has 0 aliphatic carbocycles. The second-order valence-corrected chi connectivity index (χ2v) is 8.09. The van der Waals surface area contributed by atoms with E-state index in [-0.39, 0.29) is 5.41 Å². The van der Waals surface area contributed by atoms with Crippen LogP contribution in [-0.4, -0.2) is 47.0 Å². The molecule has 0 N–H and O–H groups in total. The molecule has 0 radical (unpaired) electrons. The van der Waals surface area contributed by atoms with Crippen molar-refractivity contribution >= 4 is 16.7 Å². The molecule has 2 unspecified atom stereocenters. The summed E-state index contributed by atoms with van der Waals surface area (Å²) in [5.41, 5.74) is 0.0523. The Morgan fingerprint density at radius 3 is 2.70 bits per heavy atom. The molecule has 20 heavy (non-hydrogen) atoms. The van der Waals surface area contributed by atoms with E-state index in [2.05, 4.69) is 42.0 Å². The highest BCUT2D eigenvalue weighted by Gasteiger charge is 2.36. The van der Waals surface area contributed by atoms with Gasteiger partial charge in [0.05, 0.1) is 0 Å². The van der Waals surface area contributed by atoms with Crippen molar-refractivity contribution in [1.82, 2.24) is 14.3 Å². The topological polar surface area (TPSA) is 32.3 Å². The first-order valence-corrected chi connectivity index (χ1v) is 8.52. The van der Waals surface area contributed by atoms with E-state index in [0.29, 0.717) is 6.04 Å². The Kier molecular flexibility index (Phi) is 3.75. The Hall–Kier alpha value is -0.680.